The second kappa shape index (κ2) is 5.46. The lowest BCUT2D eigenvalue weighted by atomic mass is 10.0. The van der Waals surface area contributed by atoms with E-state index in [4.69, 9.17) is 4.74 Å². The molecule has 16 heavy (non-hydrogen) atoms. The molecule has 0 spiro atoms. The van der Waals surface area contributed by atoms with Crippen molar-refractivity contribution < 1.29 is 9.84 Å². The molecule has 0 aliphatic carbocycles. The summed E-state index contributed by atoms with van der Waals surface area (Å²) in [4.78, 5) is 0. The van der Waals surface area contributed by atoms with Crippen LogP contribution in [0.4, 0.5) is 0 Å². The van der Waals surface area contributed by atoms with Crippen molar-refractivity contribution in [3.8, 4) is 0 Å². The van der Waals surface area contributed by atoms with E-state index in [0.717, 1.165) is 37.9 Å². The fraction of sp³-hybridized carbons (Fsp3) is 0.571. The normalized spacial score (nSPS) is 22.2. The Morgan fingerprint density at radius 3 is 2.69 bits per heavy atom. The summed E-state index contributed by atoms with van der Waals surface area (Å²) in [7, 11) is 0. The highest BCUT2D eigenvalue weighted by Gasteiger charge is 2.20. The number of hydrogen-bond donors (Lipinski definition) is 1. The molecule has 2 rings (SSSR count). The first kappa shape index (κ1) is 11.6. The van der Waals surface area contributed by atoms with Crippen LogP contribution in [0.3, 0.4) is 0 Å². The van der Waals surface area contributed by atoms with E-state index >= 15 is 0 Å². The molecule has 1 heterocycles. The second-order valence-electron chi connectivity index (χ2n) is 4.48. The third kappa shape index (κ3) is 2.83. The molecule has 2 nitrogen and oxygen atoms in total. The quantitative estimate of drug-likeness (QED) is 0.845. The zero-order valence-electron chi connectivity index (χ0n) is 9.86. The molecule has 88 valence electrons. The van der Waals surface area contributed by atoms with Gasteiger partial charge in [-0.3, -0.25) is 0 Å². The minimum atomic E-state index is -0.381. The molecule has 1 N–H and O–H groups in total. The minimum absolute atomic E-state index is 0.251. The van der Waals surface area contributed by atoms with E-state index in [-0.39, 0.29) is 12.2 Å². The summed E-state index contributed by atoms with van der Waals surface area (Å²) in [6.45, 7) is 2.99. The van der Waals surface area contributed by atoms with Crippen LogP contribution in [0, 0.1) is 0 Å². The number of aliphatic hydroxyl groups is 1. The fourth-order valence-electron chi connectivity index (χ4n) is 2.19. The van der Waals surface area contributed by atoms with E-state index in [1.807, 2.05) is 12.1 Å². The van der Waals surface area contributed by atoms with Gasteiger partial charge in [-0.25, -0.2) is 0 Å². The average Bonchev–Trinajstić information content (AvgIpc) is 2.82. The first-order valence-electron chi connectivity index (χ1n) is 6.18. The number of benzene rings is 1. The van der Waals surface area contributed by atoms with Crippen LogP contribution in [-0.2, 0) is 11.2 Å². The summed E-state index contributed by atoms with van der Waals surface area (Å²) in [6, 6.07) is 8.24. The molecular formula is C14H20O2. The van der Waals surface area contributed by atoms with Crippen LogP contribution >= 0.6 is 0 Å². The lowest BCUT2D eigenvalue weighted by Crippen LogP contribution is -2.11. The zero-order valence-corrected chi connectivity index (χ0v) is 9.86. The SMILES string of the molecule is CCc1ccc(C(O)CC2CCCO2)cc1. The standard InChI is InChI=1S/C14H20O2/c1-2-11-5-7-12(8-6-11)14(15)10-13-4-3-9-16-13/h5-8,13-15H,2-4,9-10H2,1H3. The molecule has 0 aromatic heterocycles. The van der Waals surface area contributed by atoms with Crippen LogP contribution in [0.5, 0.6) is 0 Å². The largest absolute Gasteiger partial charge is 0.388 e. The van der Waals surface area contributed by atoms with Crippen molar-refractivity contribution in [1.29, 1.82) is 0 Å². The number of rotatable bonds is 4. The Morgan fingerprint density at radius 2 is 2.12 bits per heavy atom. The summed E-state index contributed by atoms with van der Waals surface area (Å²) < 4.78 is 5.53. The molecule has 2 heteroatoms. The fourth-order valence-corrected chi connectivity index (χ4v) is 2.19. The van der Waals surface area contributed by atoms with Gasteiger partial charge in [0, 0.05) is 13.0 Å². The molecule has 0 bridgehead atoms. The summed E-state index contributed by atoms with van der Waals surface area (Å²) >= 11 is 0. The Kier molecular flexibility index (Phi) is 3.97. The van der Waals surface area contributed by atoms with E-state index in [9.17, 15) is 5.11 Å². The maximum atomic E-state index is 10.1. The van der Waals surface area contributed by atoms with Crippen molar-refractivity contribution in [1.82, 2.24) is 0 Å². The summed E-state index contributed by atoms with van der Waals surface area (Å²) in [5.41, 5.74) is 2.32. The van der Waals surface area contributed by atoms with Gasteiger partial charge in [-0.2, -0.15) is 0 Å². The molecule has 1 aromatic carbocycles. The van der Waals surface area contributed by atoms with E-state index in [2.05, 4.69) is 19.1 Å². The number of ether oxygens (including phenoxy) is 1. The zero-order chi connectivity index (χ0) is 11.4. The predicted molar refractivity (Wildman–Crippen MR) is 64.4 cm³/mol. The molecular weight excluding hydrogens is 200 g/mol. The van der Waals surface area contributed by atoms with Gasteiger partial charge in [0.2, 0.25) is 0 Å². The van der Waals surface area contributed by atoms with Gasteiger partial charge in [-0.05, 0) is 30.4 Å². The Morgan fingerprint density at radius 1 is 1.38 bits per heavy atom. The maximum absolute atomic E-state index is 10.1. The van der Waals surface area contributed by atoms with Gasteiger partial charge in [0.1, 0.15) is 0 Å². The number of aryl methyl sites for hydroxylation is 1. The first-order chi connectivity index (χ1) is 7.79. The van der Waals surface area contributed by atoms with E-state index in [0.29, 0.717) is 0 Å². The molecule has 2 atom stereocenters. The Hall–Kier alpha value is -0.860. The number of aliphatic hydroxyl groups excluding tert-OH is 1. The van der Waals surface area contributed by atoms with Crippen molar-refractivity contribution in [2.45, 2.75) is 44.8 Å². The van der Waals surface area contributed by atoms with E-state index in [1.165, 1.54) is 5.56 Å². The van der Waals surface area contributed by atoms with Crippen molar-refractivity contribution in [2.24, 2.45) is 0 Å². The van der Waals surface area contributed by atoms with Crippen molar-refractivity contribution in [3.63, 3.8) is 0 Å². The van der Waals surface area contributed by atoms with Crippen molar-refractivity contribution in [2.75, 3.05) is 6.61 Å². The van der Waals surface area contributed by atoms with Crippen LogP contribution in [0.2, 0.25) is 0 Å². The van der Waals surface area contributed by atoms with Gasteiger partial charge in [0.05, 0.1) is 12.2 Å². The van der Waals surface area contributed by atoms with E-state index < -0.39 is 0 Å². The van der Waals surface area contributed by atoms with Gasteiger partial charge in [0.25, 0.3) is 0 Å². The highest BCUT2D eigenvalue weighted by atomic mass is 16.5. The first-order valence-corrected chi connectivity index (χ1v) is 6.18. The molecule has 0 radical (unpaired) electrons. The molecule has 1 aliphatic rings. The van der Waals surface area contributed by atoms with Gasteiger partial charge in [0.15, 0.2) is 0 Å². The molecule has 1 fully saturated rings. The molecule has 0 amide bonds. The lowest BCUT2D eigenvalue weighted by Gasteiger charge is -2.15. The molecule has 1 aromatic rings. The lowest BCUT2D eigenvalue weighted by molar-refractivity contribution is 0.0535. The monoisotopic (exact) mass is 220 g/mol. The van der Waals surface area contributed by atoms with Gasteiger partial charge >= 0.3 is 0 Å². The molecule has 1 aliphatic heterocycles. The van der Waals surface area contributed by atoms with Crippen molar-refractivity contribution in [3.05, 3.63) is 35.4 Å². The summed E-state index contributed by atoms with van der Waals surface area (Å²) in [6.07, 6.45) is 3.86. The predicted octanol–water partition coefficient (Wildman–Crippen LogP) is 2.85. The van der Waals surface area contributed by atoms with Crippen LogP contribution in [-0.4, -0.2) is 17.8 Å². The molecule has 1 saturated heterocycles. The summed E-state index contributed by atoms with van der Waals surface area (Å²) in [5, 5.41) is 10.1. The Labute approximate surface area is 97.3 Å². The third-order valence-electron chi connectivity index (χ3n) is 3.28. The number of hydrogen-bond acceptors (Lipinski definition) is 2. The van der Waals surface area contributed by atoms with Gasteiger partial charge < -0.3 is 9.84 Å². The van der Waals surface area contributed by atoms with Crippen LogP contribution in [0.1, 0.15) is 43.4 Å². The Balaban J connectivity index is 1.94. The smallest absolute Gasteiger partial charge is 0.0814 e. The average molecular weight is 220 g/mol. The highest BCUT2D eigenvalue weighted by Crippen LogP contribution is 2.25. The second-order valence-corrected chi connectivity index (χ2v) is 4.48. The third-order valence-corrected chi connectivity index (χ3v) is 3.28. The van der Waals surface area contributed by atoms with Gasteiger partial charge in [-0.1, -0.05) is 31.2 Å². The van der Waals surface area contributed by atoms with Crippen LogP contribution in [0.15, 0.2) is 24.3 Å². The van der Waals surface area contributed by atoms with E-state index in [1.54, 1.807) is 0 Å². The topological polar surface area (TPSA) is 29.5 Å². The summed E-state index contributed by atoms with van der Waals surface area (Å²) in [5.74, 6) is 0. The molecule has 2 unspecified atom stereocenters. The van der Waals surface area contributed by atoms with Crippen LogP contribution in [0.25, 0.3) is 0 Å². The minimum Gasteiger partial charge on any atom is -0.388 e. The van der Waals surface area contributed by atoms with Crippen LogP contribution < -0.4 is 0 Å². The maximum Gasteiger partial charge on any atom is 0.0814 e. The van der Waals surface area contributed by atoms with Gasteiger partial charge in [-0.15, -0.1) is 0 Å². The molecule has 0 saturated carbocycles. The highest BCUT2D eigenvalue weighted by molar-refractivity contribution is 5.24. The van der Waals surface area contributed by atoms with Crippen molar-refractivity contribution >= 4 is 0 Å². The Bertz CT molecular complexity index is 312.